The second-order valence-electron chi connectivity index (χ2n) is 20.6. The molecular formula is C67H64Cl2N6O10. The molecule has 0 fully saturated rings. The monoisotopic (exact) mass is 1180 g/mol. The normalized spacial score (nSPS) is 13.2. The Labute approximate surface area is 504 Å². The first-order valence-electron chi connectivity index (χ1n) is 27.6. The molecule has 1 aliphatic heterocycles. The van der Waals surface area contributed by atoms with E-state index in [-0.39, 0.29) is 57.8 Å². The van der Waals surface area contributed by atoms with Gasteiger partial charge in [0.25, 0.3) is 0 Å². The van der Waals surface area contributed by atoms with Crippen molar-refractivity contribution < 1.29 is 48.2 Å². The average molecular weight is 1180 g/mol. The van der Waals surface area contributed by atoms with Gasteiger partial charge >= 0.3 is 11.9 Å². The van der Waals surface area contributed by atoms with Crippen molar-refractivity contribution in [3.63, 3.8) is 0 Å². The minimum Gasteiger partial charge on any atom is -0.488 e. The molecule has 0 bridgehead atoms. The summed E-state index contributed by atoms with van der Waals surface area (Å²) >= 11 is 14.0. The Bertz CT molecular complexity index is 3710. The molecule has 4 atom stereocenters. The Morgan fingerprint density at radius 3 is 1.44 bits per heavy atom. The van der Waals surface area contributed by atoms with Crippen LogP contribution >= 0.6 is 23.2 Å². The molecule has 0 unspecified atom stereocenters. The summed E-state index contributed by atoms with van der Waals surface area (Å²) in [6.07, 6.45) is 5.21. The molecule has 8 aromatic rings. The molecule has 1 aliphatic rings. The van der Waals surface area contributed by atoms with Crippen LogP contribution < -0.4 is 29.6 Å². The van der Waals surface area contributed by atoms with Crippen LogP contribution in [0.2, 0.25) is 10.0 Å². The number of carboxylic acids is 2. The zero-order valence-corrected chi connectivity index (χ0v) is 48.9. The summed E-state index contributed by atoms with van der Waals surface area (Å²) in [7, 11) is 0. The van der Waals surface area contributed by atoms with Gasteiger partial charge in [0.1, 0.15) is 67.6 Å². The maximum atomic E-state index is 12.6. The number of benzene rings is 6. The molecule has 2 aromatic heterocycles. The smallest absolute Gasteiger partial charge is 0.323 e. The number of hydrogen-bond acceptors (Lipinski definition) is 14. The van der Waals surface area contributed by atoms with Crippen LogP contribution in [-0.2, 0) is 71.8 Å². The Morgan fingerprint density at radius 1 is 0.541 bits per heavy atom. The van der Waals surface area contributed by atoms with Crippen molar-refractivity contribution >= 4 is 40.9 Å². The molecule has 0 saturated heterocycles. The molecule has 436 valence electrons. The standard InChI is InChI=1S/C67H64Cl2N6O10/c1-41-50(39-84-62-25-60(82-37-48-21-47(27-70)28-71-29-48)53(23-57(62)68)32-74-64(66(76)77)43(3)80-35-45-13-7-5-8-14-45)17-11-19-55(41)56-20-12-18-51(42(56)2)40-85-63-26-61(83-38-49-22-52(31-72-30-49)59-34-73-59)54(24-58(63)69)33-75-65(67(78)79)44(4)81-36-46-15-9-6-10-16-46/h5-26,28-31,43-44,64-65,74-75H,32-40H2,1-4H3,(H,76,77)(H,78,79)/t43-,44-,64+,65+/m1/s1. The molecule has 0 spiro atoms. The van der Waals surface area contributed by atoms with Crippen LogP contribution in [0.25, 0.3) is 11.1 Å². The van der Waals surface area contributed by atoms with Crippen molar-refractivity contribution in [1.29, 1.82) is 5.26 Å². The molecule has 0 aliphatic carbocycles. The van der Waals surface area contributed by atoms with Crippen molar-refractivity contribution in [1.82, 2.24) is 20.6 Å². The van der Waals surface area contributed by atoms with Crippen molar-refractivity contribution in [2.45, 2.75) is 105 Å². The zero-order valence-electron chi connectivity index (χ0n) is 47.4. The van der Waals surface area contributed by atoms with Gasteiger partial charge in [-0.2, -0.15) is 5.26 Å². The fourth-order valence-corrected chi connectivity index (χ4v) is 10.0. The topological polar surface area (TPSA) is 216 Å². The van der Waals surface area contributed by atoms with E-state index in [9.17, 15) is 25.1 Å². The largest absolute Gasteiger partial charge is 0.488 e. The van der Waals surface area contributed by atoms with Crippen LogP contribution in [0.3, 0.4) is 0 Å². The van der Waals surface area contributed by atoms with Crippen LogP contribution in [-0.4, -0.2) is 68.7 Å². The van der Waals surface area contributed by atoms with Gasteiger partial charge in [0.2, 0.25) is 0 Å². The minimum atomic E-state index is -1.08. The lowest BCUT2D eigenvalue weighted by Gasteiger charge is -2.23. The summed E-state index contributed by atoms with van der Waals surface area (Å²) in [4.78, 5) is 38.0. The maximum absolute atomic E-state index is 12.6. The summed E-state index contributed by atoms with van der Waals surface area (Å²) < 4.78 is 37.8. The third kappa shape index (κ3) is 16.6. The third-order valence-electron chi connectivity index (χ3n) is 14.5. The van der Waals surface area contributed by atoms with Gasteiger partial charge in [0, 0.05) is 77.8 Å². The number of nitrogens with one attached hydrogen (secondary N) is 2. The van der Waals surface area contributed by atoms with Crippen molar-refractivity contribution in [3.8, 4) is 40.2 Å². The van der Waals surface area contributed by atoms with Gasteiger partial charge in [-0.25, -0.2) is 0 Å². The summed E-state index contributed by atoms with van der Waals surface area (Å²) in [5.41, 5.74) is 12.6. The van der Waals surface area contributed by atoms with E-state index in [0.29, 0.717) is 56.8 Å². The number of halogens is 2. The molecule has 4 N–H and O–H groups in total. The molecule has 3 heterocycles. The number of aromatic nitrogens is 2. The highest BCUT2D eigenvalue weighted by Crippen LogP contribution is 2.38. The van der Waals surface area contributed by atoms with E-state index in [1.54, 1.807) is 62.8 Å². The fourth-order valence-electron chi connectivity index (χ4n) is 9.53. The maximum Gasteiger partial charge on any atom is 0.323 e. The molecule has 6 aromatic carbocycles. The highest BCUT2D eigenvalue weighted by atomic mass is 35.5. The number of aliphatic imine (C=N–C) groups is 1. The fraction of sp³-hybridized carbons (Fsp3) is 0.254. The van der Waals surface area contributed by atoms with Crippen molar-refractivity contribution in [2.24, 2.45) is 4.99 Å². The lowest BCUT2D eigenvalue weighted by Crippen LogP contribution is -2.45. The Hall–Kier alpha value is -8.66. The minimum absolute atomic E-state index is 0.0559. The second-order valence-corrected chi connectivity index (χ2v) is 21.4. The number of ether oxygens (including phenoxy) is 6. The molecule has 9 rings (SSSR count). The molecule has 0 radical (unpaired) electrons. The van der Waals surface area contributed by atoms with Gasteiger partial charge in [0.15, 0.2) is 0 Å². The van der Waals surface area contributed by atoms with E-state index in [1.807, 2.05) is 105 Å². The summed E-state index contributed by atoms with van der Waals surface area (Å²) in [5, 5.41) is 36.9. The number of nitriles is 1. The van der Waals surface area contributed by atoms with Crippen LogP contribution in [0.1, 0.15) is 80.6 Å². The quantitative estimate of drug-likeness (QED) is 0.0329. The molecular weight excluding hydrogens is 1120 g/mol. The third-order valence-corrected chi connectivity index (χ3v) is 15.1. The van der Waals surface area contributed by atoms with Gasteiger partial charge in [-0.3, -0.25) is 35.2 Å². The van der Waals surface area contributed by atoms with Crippen molar-refractivity contribution in [2.75, 3.05) is 6.54 Å². The highest BCUT2D eigenvalue weighted by molar-refractivity contribution is 6.32. The number of nitrogens with zero attached hydrogens (tertiary/aromatic N) is 4. The Kier molecular flexibility index (Phi) is 21.0. The molecule has 16 nitrogen and oxygen atoms in total. The predicted molar refractivity (Wildman–Crippen MR) is 324 cm³/mol. The number of carboxylic acid groups (broad SMARTS) is 2. The first-order valence-corrected chi connectivity index (χ1v) is 28.3. The van der Waals surface area contributed by atoms with E-state index >= 15 is 0 Å². The van der Waals surface area contributed by atoms with Crippen molar-refractivity contribution in [3.05, 3.63) is 235 Å². The number of rotatable bonds is 30. The molecule has 18 heteroatoms. The Balaban J connectivity index is 0.903. The van der Waals surface area contributed by atoms with Gasteiger partial charge in [-0.05, 0) is 96.5 Å². The van der Waals surface area contributed by atoms with E-state index in [1.165, 1.54) is 6.20 Å². The number of aliphatic carboxylic acids is 2. The van der Waals surface area contributed by atoms with E-state index in [2.05, 4.69) is 43.8 Å². The van der Waals surface area contributed by atoms with Gasteiger partial charge in [0.05, 0.1) is 53.3 Å². The molecule has 0 saturated carbocycles. The van der Waals surface area contributed by atoms with Crippen LogP contribution in [0, 0.1) is 25.2 Å². The predicted octanol–water partition coefficient (Wildman–Crippen LogP) is 12.4. The summed E-state index contributed by atoms with van der Waals surface area (Å²) in [6, 6.07) is 41.7. The number of pyridine rings is 2. The zero-order chi connectivity index (χ0) is 59.8. The highest BCUT2D eigenvalue weighted by Gasteiger charge is 2.28. The summed E-state index contributed by atoms with van der Waals surface area (Å²) in [5.74, 6) is -0.597. The molecule has 0 amide bonds. The van der Waals surface area contributed by atoms with Gasteiger partial charge in [-0.15, -0.1) is 0 Å². The average Bonchev–Trinajstić information content (AvgIpc) is 4.04. The summed E-state index contributed by atoms with van der Waals surface area (Å²) in [6.45, 7) is 9.38. The van der Waals surface area contributed by atoms with E-state index in [4.69, 9.17) is 51.6 Å². The number of hydrogen-bond donors (Lipinski definition) is 4. The van der Waals surface area contributed by atoms with Crippen LogP contribution in [0.4, 0.5) is 0 Å². The second kappa shape index (κ2) is 29.2. The van der Waals surface area contributed by atoms with E-state index in [0.717, 1.165) is 61.3 Å². The van der Waals surface area contributed by atoms with Gasteiger partial charge < -0.3 is 38.6 Å². The first-order chi connectivity index (χ1) is 41.2. The number of carbonyl (C=O) groups is 2. The Morgan fingerprint density at radius 2 is 0.988 bits per heavy atom. The van der Waals surface area contributed by atoms with Gasteiger partial charge in [-0.1, -0.05) is 120 Å². The first kappa shape index (κ1) is 60.9. The molecule has 85 heavy (non-hydrogen) atoms. The van der Waals surface area contributed by atoms with Crippen LogP contribution in [0.15, 0.2) is 163 Å². The SMILES string of the molecule is Cc1c(COc2cc(OCc3cncc(C#N)c3)c(CN[C@H](C(=O)O)[C@@H](C)OCc3ccccc3)cc2Cl)cccc1-c1cccc(COc2cc(OCc3cncc(C4=NC4)c3)c(CN[C@H](C(=O)O)[C@@H](C)OCc3ccccc3)cc2Cl)c1C. The lowest BCUT2D eigenvalue weighted by atomic mass is 9.92. The lowest BCUT2D eigenvalue weighted by molar-refractivity contribution is -0.145. The van der Waals surface area contributed by atoms with E-state index < -0.39 is 36.2 Å². The van der Waals surface area contributed by atoms with Crippen LogP contribution in [0.5, 0.6) is 23.0 Å².